The van der Waals surface area contributed by atoms with Crippen LogP contribution in [0.15, 0.2) is 12.1 Å². The third-order valence-electron chi connectivity index (χ3n) is 2.19. The van der Waals surface area contributed by atoms with Gasteiger partial charge in [-0.2, -0.15) is 0 Å². The van der Waals surface area contributed by atoms with Crippen LogP contribution in [0.3, 0.4) is 0 Å². The number of hydrogen-bond acceptors (Lipinski definition) is 3. The van der Waals surface area contributed by atoms with E-state index in [0.717, 1.165) is 12.1 Å². The lowest BCUT2D eigenvalue weighted by Gasteiger charge is -2.13. The molecule has 0 saturated heterocycles. The van der Waals surface area contributed by atoms with Gasteiger partial charge in [-0.05, 0) is 6.07 Å². The Kier molecular flexibility index (Phi) is 5.40. The van der Waals surface area contributed by atoms with Crippen molar-refractivity contribution in [1.82, 2.24) is 0 Å². The van der Waals surface area contributed by atoms with Gasteiger partial charge < -0.3 is 15.2 Å². The van der Waals surface area contributed by atoms with Crippen molar-refractivity contribution in [1.29, 1.82) is 0 Å². The molecule has 0 spiro atoms. The van der Waals surface area contributed by atoms with Crippen molar-refractivity contribution in [3.8, 4) is 0 Å². The van der Waals surface area contributed by atoms with Gasteiger partial charge in [-0.1, -0.05) is 6.07 Å². The molecule has 96 valence electrons. The molecule has 17 heavy (non-hydrogen) atoms. The van der Waals surface area contributed by atoms with Gasteiger partial charge in [0.1, 0.15) is 0 Å². The van der Waals surface area contributed by atoms with E-state index in [0.29, 0.717) is 13.2 Å². The maximum atomic E-state index is 13.3. The highest BCUT2D eigenvalue weighted by atomic mass is 19.2. The molecule has 1 aromatic carbocycles. The molecule has 0 aliphatic rings. The molecule has 0 radical (unpaired) electrons. The van der Waals surface area contributed by atoms with Crippen molar-refractivity contribution < 1.29 is 22.6 Å². The Bertz CT molecular complexity index is 374. The molecule has 6 heteroatoms. The third-order valence-corrected chi connectivity index (χ3v) is 2.19. The van der Waals surface area contributed by atoms with Crippen molar-refractivity contribution in [3.05, 3.63) is 35.1 Å². The van der Waals surface area contributed by atoms with Crippen molar-refractivity contribution in [2.75, 3.05) is 26.9 Å². The summed E-state index contributed by atoms with van der Waals surface area (Å²) >= 11 is 0. The zero-order chi connectivity index (χ0) is 12.8. The van der Waals surface area contributed by atoms with Gasteiger partial charge in [-0.25, -0.2) is 13.2 Å². The second kappa shape index (κ2) is 6.58. The maximum Gasteiger partial charge on any atom is 0.194 e. The molecule has 0 saturated carbocycles. The van der Waals surface area contributed by atoms with Crippen molar-refractivity contribution in [2.45, 2.75) is 6.04 Å². The predicted octanol–water partition coefficient (Wildman–Crippen LogP) is 1.77. The summed E-state index contributed by atoms with van der Waals surface area (Å²) in [5.74, 6) is -4.03. The first-order valence-electron chi connectivity index (χ1n) is 5.03. The fourth-order valence-electron chi connectivity index (χ4n) is 1.27. The molecule has 0 bridgehead atoms. The van der Waals surface area contributed by atoms with E-state index in [-0.39, 0.29) is 12.2 Å². The van der Waals surface area contributed by atoms with E-state index >= 15 is 0 Å². The van der Waals surface area contributed by atoms with Crippen LogP contribution >= 0.6 is 0 Å². The van der Waals surface area contributed by atoms with Crippen molar-refractivity contribution in [3.63, 3.8) is 0 Å². The quantitative estimate of drug-likeness (QED) is 0.617. The number of benzene rings is 1. The van der Waals surface area contributed by atoms with Crippen LogP contribution in [-0.4, -0.2) is 26.9 Å². The van der Waals surface area contributed by atoms with Crippen LogP contribution in [0.5, 0.6) is 0 Å². The summed E-state index contributed by atoms with van der Waals surface area (Å²) in [5, 5.41) is 0. The highest BCUT2D eigenvalue weighted by Gasteiger charge is 2.18. The second-order valence-corrected chi connectivity index (χ2v) is 3.44. The summed E-state index contributed by atoms with van der Waals surface area (Å²) in [4.78, 5) is 0. The summed E-state index contributed by atoms with van der Waals surface area (Å²) in [6.07, 6.45) is 0. The topological polar surface area (TPSA) is 44.5 Å². The molecule has 0 fully saturated rings. The lowest BCUT2D eigenvalue weighted by Crippen LogP contribution is -2.20. The summed E-state index contributed by atoms with van der Waals surface area (Å²) in [6, 6.07) is 1.10. The highest BCUT2D eigenvalue weighted by molar-refractivity contribution is 5.23. The fourth-order valence-corrected chi connectivity index (χ4v) is 1.27. The number of rotatable bonds is 6. The van der Waals surface area contributed by atoms with Crippen LogP contribution in [0.25, 0.3) is 0 Å². The average molecular weight is 249 g/mol. The summed E-state index contributed by atoms with van der Waals surface area (Å²) < 4.78 is 48.7. The molecule has 0 aromatic heterocycles. The number of hydrogen-bond donors (Lipinski definition) is 1. The van der Waals surface area contributed by atoms with Crippen LogP contribution in [0.1, 0.15) is 11.6 Å². The average Bonchev–Trinajstić information content (AvgIpc) is 2.31. The Morgan fingerprint density at radius 2 is 1.88 bits per heavy atom. The molecular weight excluding hydrogens is 235 g/mol. The summed E-state index contributed by atoms with van der Waals surface area (Å²) in [7, 11) is 1.51. The maximum absolute atomic E-state index is 13.3. The Morgan fingerprint density at radius 3 is 2.53 bits per heavy atom. The van der Waals surface area contributed by atoms with Crippen molar-refractivity contribution in [2.24, 2.45) is 5.73 Å². The van der Waals surface area contributed by atoms with Gasteiger partial charge >= 0.3 is 0 Å². The van der Waals surface area contributed by atoms with E-state index in [2.05, 4.69) is 0 Å². The van der Waals surface area contributed by atoms with E-state index in [1.807, 2.05) is 0 Å². The highest BCUT2D eigenvalue weighted by Crippen LogP contribution is 2.20. The minimum atomic E-state index is -1.52. The minimum absolute atomic E-state index is 0.00531. The smallest absolute Gasteiger partial charge is 0.194 e. The van der Waals surface area contributed by atoms with Crippen LogP contribution < -0.4 is 5.73 Å². The van der Waals surface area contributed by atoms with Crippen molar-refractivity contribution >= 4 is 0 Å². The van der Waals surface area contributed by atoms with Crippen LogP contribution in [0.2, 0.25) is 0 Å². The Balaban J connectivity index is 2.63. The number of halogens is 3. The molecule has 1 atom stereocenters. The first-order valence-corrected chi connectivity index (χ1v) is 5.03. The largest absolute Gasteiger partial charge is 0.382 e. The van der Waals surface area contributed by atoms with Gasteiger partial charge in [-0.3, -0.25) is 0 Å². The van der Waals surface area contributed by atoms with Gasteiger partial charge in [-0.15, -0.1) is 0 Å². The third kappa shape index (κ3) is 3.69. The lowest BCUT2D eigenvalue weighted by atomic mass is 10.1. The minimum Gasteiger partial charge on any atom is -0.382 e. The Hall–Kier alpha value is -1.11. The standard InChI is InChI=1S/C11H14F3NO2/c1-16-4-5-17-6-9(15)7-2-3-8(12)11(14)10(7)13/h2-3,9H,4-6,15H2,1H3. The summed E-state index contributed by atoms with van der Waals surface area (Å²) in [5.41, 5.74) is 5.49. The van der Waals surface area contributed by atoms with Gasteiger partial charge in [0.25, 0.3) is 0 Å². The molecule has 1 unspecified atom stereocenters. The molecule has 1 rings (SSSR count). The molecular formula is C11H14F3NO2. The van der Waals surface area contributed by atoms with Crippen LogP contribution in [0.4, 0.5) is 13.2 Å². The molecule has 0 aliphatic heterocycles. The normalized spacial score (nSPS) is 12.8. The van der Waals surface area contributed by atoms with Gasteiger partial charge in [0.05, 0.1) is 25.9 Å². The SMILES string of the molecule is COCCOCC(N)c1ccc(F)c(F)c1F. The number of nitrogens with two attached hydrogens (primary N) is 1. The molecule has 0 amide bonds. The van der Waals surface area contributed by atoms with E-state index in [1.54, 1.807) is 0 Å². The second-order valence-electron chi connectivity index (χ2n) is 3.44. The molecule has 2 N–H and O–H groups in total. The van der Waals surface area contributed by atoms with Gasteiger partial charge in [0, 0.05) is 12.7 Å². The zero-order valence-corrected chi connectivity index (χ0v) is 9.38. The van der Waals surface area contributed by atoms with Gasteiger partial charge in [0.15, 0.2) is 17.5 Å². The van der Waals surface area contributed by atoms with E-state index < -0.39 is 23.5 Å². The van der Waals surface area contributed by atoms with E-state index in [9.17, 15) is 13.2 Å². The van der Waals surface area contributed by atoms with Crippen LogP contribution in [-0.2, 0) is 9.47 Å². The monoisotopic (exact) mass is 249 g/mol. The lowest BCUT2D eigenvalue weighted by molar-refractivity contribution is 0.0631. The fraction of sp³-hybridized carbons (Fsp3) is 0.455. The summed E-state index contributed by atoms with van der Waals surface area (Å²) in [6.45, 7) is 0.688. The number of ether oxygens (including phenoxy) is 2. The Morgan fingerprint density at radius 1 is 1.18 bits per heavy atom. The zero-order valence-electron chi connectivity index (χ0n) is 9.38. The number of methoxy groups -OCH3 is 1. The Labute approximate surface area is 97.3 Å². The van der Waals surface area contributed by atoms with E-state index in [4.69, 9.17) is 15.2 Å². The molecule has 1 aromatic rings. The van der Waals surface area contributed by atoms with Gasteiger partial charge in [0.2, 0.25) is 0 Å². The predicted molar refractivity (Wildman–Crippen MR) is 55.9 cm³/mol. The van der Waals surface area contributed by atoms with E-state index in [1.165, 1.54) is 7.11 Å². The van der Waals surface area contributed by atoms with Crippen LogP contribution in [0, 0.1) is 17.5 Å². The molecule has 0 aliphatic carbocycles. The first-order chi connectivity index (χ1) is 8.07. The first kappa shape index (κ1) is 14.0. The molecule has 3 nitrogen and oxygen atoms in total. The molecule has 0 heterocycles.